The second kappa shape index (κ2) is 8.20. The quantitative estimate of drug-likeness (QED) is 0.860. The van der Waals surface area contributed by atoms with Crippen LogP contribution in [0.1, 0.15) is 39.2 Å². The fraction of sp³-hybridized carbons (Fsp3) is 0.571. The number of ether oxygens (including phenoxy) is 2. The number of nitrogens with one attached hydrogen (secondary N) is 1. The van der Waals surface area contributed by atoms with Crippen molar-refractivity contribution in [2.24, 2.45) is 11.8 Å². The van der Waals surface area contributed by atoms with Crippen molar-refractivity contribution in [3.05, 3.63) is 35.9 Å². The molecular formula is C21H28N2O5. The van der Waals surface area contributed by atoms with Gasteiger partial charge in [0.1, 0.15) is 18.0 Å². The van der Waals surface area contributed by atoms with E-state index in [-0.39, 0.29) is 36.4 Å². The van der Waals surface area contributed by atoms with Crippen LogP contribution in [-0.4, -0.2) is 47.6 Å². The highest BCUT2D eigenvalue weighted by atomic mass is 16.6. The molecule has 28 heavy (non-hydrogen) atoms. The fourth-order valence-corrected chi connectivity index (χ4v) is 3.81. The summed E-state index contributed by atoms with van der Waals surface area (Å²) in [5, 5.41) is 2.87. The minimum absolute atomic E-state index is 0.128. The minimum atomic E-state index is -0.569. The van der Waals surface area contributed by atoms with Crippen LogP contribution in [0.25, 0.3) is 0 Å². The molecule has 1 saturated carbocycles. The van der Waals surface area contributed by atoms with E-state index in [9.17, 15) is 14.4 Å². The zero-order valence-electron chi connectivity index (χ0n) is 16.6. The Morgan fingerprint density at radius 2 is 1.71 bits per heavy atom. The van der Waals surface area contributed by atoms with Gasteiger partial charge in [0.05, 0.1) is 0 Å². The Bertz CT molecular complexity index is 710. The van der Waals surface area contributed by atoms with E-state index in [1.165, 1.54) is 0 Å². The van der Waals surface area contributed by atoms with Crippen molar-refractivity contribution in [2.45, 2.75) is 51.9 Å². The minimum Gasteiger partial charge on any atom is -0.445 e. The molecule has 2 fully saturated rings. The van der Waals surface area contributed by atoms with Crippen LogP contribution in [0.3, 0.4) is 0 Å². The third-order valence-electron chi connectivity index (χ3n) is 5.01. The van der Waals surface area contributed by atoms with Gasteiger partial charge in [0, 0.05) is 31.0 Å². The molecule has 2 aliphatic rings. The Hall–Kier alpha value is -2.57. The van der Waals surface area contributed by atoms with Gasteiger partial charge >= 0.3 is 12.2 Å². The van der Waals surface area contributed by atoms with Crippen LogP contribution in [0.5, 0.6) is 0 Å². The molecule has 0 radical (unpaired) electrons. The van der Waals surface area contributed by atoms with Crippen molar-refractivity contribution in [2.75, 3.05) is 13.1 Å². The van der Waals surface area contributed by atoms with E-state index in [2.05, 4.69) is 5.32 Å². The molecule has 1 unspecified atom stereocenters. The largest absolute Gasteiger partial charge is 0.445 e. The Morgan fingerprint density at radius 3 is 2.29 bits per heavy atom. The van der Waals surface area contributed by atoms with Gasteiger partial charge in [0.25, 0.3) is 0 Å². The first kappa shape index (κ1) is 20.2. The van der Waals surface area contributed by atoms with Crippen LogP contribution in [0.2, 0.25) is 0 Å². The van der Waals surface area contributed by atoms with Crippen LogP contribution in [0.4, 0.5) is 9.59 Å². The third kappa shape index (κ3) is 5.24. The number of hydrogen-bond donors (Lipinski definition) is 1. The third-order valence-corrected chi connectivity index (χ3v) is 5.01. The van der Waals surface area contributed by atoms with Crippen LogP contribution < -0.4 is 5.32 Å². The molecule has 3 atom stereocenters. The molecule has 7 nitrogen and oxygen atoms in total. The van der Waals surface area contributed by atoms with Crippen molar-refractivity contribution >= 4 is 18.0 Å². The number of hydrogen-bond acceptors (Lipinski definition) is 5. The lowest BCUT2D eigenvalue weighted by Crippen LogP contribution is -2.56. The van der Waals surface area contributed by atoms with E-state index in [1.807, 2.05) is 51.1 Å². The van der Waals surface area contributed by atoms with Crippen molar-refractivity contribution in [3.63, 3.8) is 0 Å². The average molecular weight is 388 g/mol. The Balaban J connectivity index is 1.51. The lowest BCUT2D eigenvalue weighted by molar-refractivity contribution is -0.134. The maximum absolute atomic E-state index is 12.5. The molecule has 152 valence electrons. The standard InChI is InChI=1S/C21H28N2O5/c1-21(2,3)28-20(26)23-11-15-9-17(10-16(12-23)18(15)24)22-19(25)27-13-14-7-5-4-6-8-14/h4-8,15-17H,9-13H2,1-3H3,(H,22,25)/t15-,16+,17?. The number of likely N-dealkylation sites (tertiary alicyclic amines) is 1. The molecule has 2 amide bonds. The number of Topliss-reactive ketones (excluding diaryl/α,β-unsaturated/α-hetero) is 1. The first-order valence-electron chi connectivity index (χ1n) is 9.70. The lowest BCUT2D eigenvalue weighted by Gasteiger charge is -2.43. The van der Waals surface area contributed by atoms with Crippen LogP contribution in [0, 0.1) is 11.8 Å². The van der Waals surface area contributed by atoms with Gasteiger partial charge in [-0.3, -0.25) is 4.79 Å². The highest BCUT2D eigenvalue weighted by Gasteiger charge is 2.44. The molecule has 2 bridgehead atoms. The monoisotopic (exact) mass is 388 g/mol. The Kier molecular flexibility index (Phi) is 5.91. The molecule has 7 heteroatoms. The summed E-state index contributed by atoms with van der Waals surface area (Å²) in [4.78, 5) is 38.5. The molecule has 0 spiro atoms. The van der Waals surface area contributed by atoms with E-state index < -0.39 is 11.7 Å². The summed E-state index contributed by atoms with van der Waals surface area (Å²) >= 11 is 0. The molecular weight excluding hydrogens is 360 g/mol. The normalized spacial score (nSPS) is 24.5. The van der Waals surface area contributed by atoms with Gasteiger partial charge in [-0.15, -0.1) is 0 Å². The lowest BCUT2D eigenvalue weighted by atomic mass is 9.74. The second-order valence-corrected chi connectivity index (χ2v) is 8.56. The van der Waals surface area contributed by atoms with Gasteiger partial charge in [0.15, 0.2) is 0 Å². The number of nitrogens with zero attached hydrogens (tertiary/aromatic N) is 1. The maximum atomic E-state index is 12.5. The first-order chi connectivity index (χ1) is 13.2. The zero-order valence-corrected chi connectivity index (χ0v) is 16.6. The number of alkyl carbamates (subject to hydrolysis) is 1. The molecule has 3 rings (SSSR count). The molecule has 1 aliphatic carbocycles. The number of rotatable bonds is 3. The van der Waals surface area contributed by atoms with Crippen molar-refractivity contribution in [1.29, 1.82) is 0 Å². The van der Waals surface area contributed by atoms with E-state index >= 15 is 0 Å². The fourth-order valence-electron chi connectivity index (χ4n) is 3.81. The molecule has 1 heterocycles. The molecule has 1 N–H and O–H groups in total. The average Bonchev–Trinajstić information content (AvgIpc) is 2.60. The maximum Gasteiger partial charge on any atom is 0.410 e. The van der Waals surface area contributed by atoms with Gasteiger partial charge < -0.3 is 19.7 Å². The van der Waals surface area contributed by atoms with Crippen LogP contribution in [0.15, 0.2) is 30.3 Å². The molecule has 1 aliphatic heterocycles. The topological polar surface area (TPSA) is 84.9 Å². The van der Waals surface area contributed by atoms with E-state index in [4.69, 9.17) is 9.47 Å². The number of fused-ring (bicyclic) bond motifs is 2. The van der Waals surface area contributed by atoms with Gasteiger partial charge in [-0.05, 0) is 39.2 Å². The van der Waals surface area contributed by atoms with Gasteiger partial charge in [-0.25, -0.2) is 9.59 Å². The van der Waals surface area contributed by atoms with Crippen LogP contribution in [-0.2, 0) is 20.9 Å². The number of benzene rings is 1. The van der Waals surface area contributed by atoms with Gasteiger partial charge in [-0.1, -0.05) is 30.3 Å². The van der Waals surface area contributed by atoms with Crippen LogP contribution >= 0.6 is 0 Å². The number of amides is 2. The summed E-state index contributed by atoms with van der Waals surface area (Å²) in [6.07, 6.45) is 0.151. The van der Waals surface area contributed by atoms with Crippen molar-refractivity contribution in [3.8, 4) is 0 Å². The first-order valence-corrected chi connectivity index (χ1v) is 9.70. The SMILES string of the molecule is CC(C)(C)OC(=O)N1C[C@H]2CC(NC(=O)OCc3ccccc3)C[C@@H](C1)C2=O. The number of carbonyl (C=O) groups excluding carboxylic acids is 3. The highest BCUT2D eigenvalue weighted by Crippen LogP contribution is 2.32. The molecule has 0 aromatic heterocycles. The Morgan fingerprint density at radius 1 is 1.11 bits per heavy atom. The summed E-state index contributed by atoms with van der Waals surface area (Å²) in [6, 6.07) is 9.34. The highest BCUT2D eigenvalue weighted by molar-refractivity contribution is 5.87. The number of ketones is 1. The second-order valence-electron chi connectivity index (χ2n) is 8.56. The summed E-state index contributed by atoms with van der Waals surface area (Å²) in [7, 11) is 0. The summed E-state index contributed by atoms with van der Waals surface area (Å²) in [6.45, 7) is 6.34. The summed E-state index contributed by atoms with van der Waals surface area (Å²) in [5.74, 6) is -0.380. The number of carbonyl (C=O) groups is 3. The Labute approximate surface area is 165 Å². The van der Waals surface area contributed by atoms with Crippen molar-refractivity contribution in [1.82, 2.24) is 10.2 Å². The van der Waals surface area contributed by atoms with E-state index in [1.54, 1.807) is 4.90 Å². The summed E-state index contributed by atoms with van der Waals surface area (Å²) in [5.41, 5.74) is 0.349. The zero-order chi connectivity index (χ0) is 20.3. The smallest absolute Gasteiger partial charge is 0.410 e. The summed E-state index contributed by atoms with van der Waals surface area (Å²) < 4.78 is 10.7. The predicted octanol–water partition coefficient (Wildman–Crippen LogP) is 3.13. The van der Waals surface area contributed by atoms with E-state index in [0.29, 0.717) is 25.9 Å². The molecule has 1 aromatic rings. The molecule has 1 aromatic carbocycles. The number of piperidine rings is 1. The van der Waals surface area contributed by atoms with Gasteiger partial charge in [-0.2, -0.15) is 0 Å². The van der Waals surface area contributed by atoms with Crippen molar-refractivity contribution < 1.29 is 23.9 Å². The molecule has 1 saturated heterocycles. The van der Waals surface area contributed by atoms with E-state index in [0.717, 1.165) is 5.56 Å². The predicted molar refractivity (Wildman–Crippen MR) is 103 cm³/mol. The van der Waals surface area contributed by atoms with Gasteiger partial charge in [0.2, 0.25) is 0 Å².